The number of hydrogen-bond acceptors (Lipinski definition) is 7. The molecule has 0 aliphatic heterocycles. The van der Waals surface area contributed by atoms with Gasteiger partial charge in [0.15, 0.2) is 9.84 Å². The van der Waals surface area contributed by atoms with Crippen molar-refractivity contribution in [3.05, 3.63) is 28.3 Å². The second kappa shape index (κ2) is 6.19. The molecular weight excluding hydrogens is 290 g/mol. The summed E-state index contributed by atoms with van der Waals surface area (Å²) in [6, 6.07) is 3.49. The average Bonchev–Trinajstić information content (AvgIpc) is 2.33. The van der Waals surface area contributed by atoms with Crippen LogP contribution in [0.1, 0.15) is 0 Å². The Kier molecular flexibility index (Phi) is 4.86. The first kappa shape index (κ1) is 15.7. The Morgan fingerprint density at radius 1 is 1.50 bits per heavy atom. The van der Waals surface area contributed by atoms with Crippen molar-refractivity contribution in [1.82, 2.24) is 0 Å². The van der Waals surface area contributed by atoms with E-state index < -0.39 is 20.9 Å². The smallest absolute Gasteiger partial charge is 0.404 e. The number of nitrogens with one attached hydrogen (secondary N) is 1. The van der Waals surface area contributed by atoms with Crippen LogP contribution in [0.15, 0.2) is 23.1 Å². The Hall–Kier alpha value is -2.36. The molecule has 10 heteroatoms. The van der Waals surface area contributed by atoms with E-state index in [0.29, 0.717) is 0 Å². The van der Waals surface area contributed by atoms with E-state index in [9.17, 15) is 23.3 Å². The maximum atomic E-state index is 11.3. The predicted molar refractivity (Wildman–Crippen MR) is 70.2 cm³/mol. The molecule has 0 bridgehead atoms. The Morgan fingerprint density at radius 3 is 2.65 bits per heavy atom. The van der Waals surface area contributed by atoms with E-state index in [1.54, 1.807) is 0 Å². The first-order valence-corrected chi connectivity index (χ1v) is 7.25. The number of nitro benzene ring substituents is 1. The lowest BCUT2D eigenvalue weighted by Gasteiger charge is -2.08. The summed E-state index contributed by atoms with van der Waals surface area (Å²) in [4.78, 5) is 20.4. The lowest BCUT2D eigenvalue weighted by Crippen LogP contribution is -2.18. The molecule has 0 saturated heterocycles. The van der Waals surface area contributed by atoms with Crippen LogP contribution >= 0.6 is 0 Å². The lowest BCUT2D eigenvalue weighted by atomic mass is 10.2. The number of carbonyl (C=O) groups is 1. The summed E-state index contributed by atoms with van der Waals surface area (Å²) in [5.41, 5.74) is 4.49. The number of anilines is 1. The number of nitrogens with two attached hydrogens (primary N) is 1. The summed E-state index contributed by atoms with van der Waals surface area (Å²) in [5, 5.41) is 13.6. The van der Waals surface area contributed by atoms with E-state index in [1.165, 1.54) is 12.1 Å². The second-order valence-electron chi connectivity index (χ2n) is 3.80. The zero-order chi connectivity index (χ0) is 15.3. The van der Waals surface area contributed by atoms with Crippen molar-refractivity contribution >= 4 is 27.3 Å². The molecule has 9 nitrogen and oxygen atoms in total. The number of amides is 1. The van der Waals surface area contributed by atoms with Gasteiger partial charge in [-0.05, 0) is 12.1 Å². The van der Waals surface area contributed by atoms with Crippen molar-refractivity contribution in [2.45, 2.75) is 4.90 Å². The minimum absolute atomic E-state index is 0.0691. The summed E-state index contributed by atoms with van der Waals surface area (Å²) < 4.78 is 27.1. The normalized spacial score (nSPS) is 10.8. The van der Waals surface area contributed by atoms with Gasteiger partial charge in [-0.3, -0.25) is 10.1 Å². The number of benzene rings is 1. The van der Waals surface area contributed by atoms with Gasteiger partial charge in [0, 0.05) is 18.9 Å². The van der Waals surface area contributed by atoms with Crippen LogP contribution in [0.2, 0.25) is 0 Å². The quantitative estimate of drug-likeness (QED) is 0.442. The van der Waals surface area contributed by atoms with Crippen LogP contribution < -0.4 is 11.1 Å². The van der Waals surface area contributed by atoms with Gasteiger partial charge >= 0.3 is 6.09 Å². The molecule has 1 aromatic rings. The summed E-state index contributed by atoms with van der Waals surface area (Å²) in [6.45, 7) is 0.0301. The molecule has 0 unspecified atom stereocenters. The van der Waals surface area contributed by atoms with Crippen LogP contribution in [0.4, 0.5) is 16.2 Å². The van der Waals surface area contributed by atoms with Gasteiger partial charge in [-0.15, -0.1) is 0 Å². The van der Waals surface area contributed by atoms with Crippen LogP contribution in [-0.4, -0.2) is 38.8 Å². The number of carbonyl (C=O) groups excluding carboxylic acids is 1. The number of rotatable bonds is 6. The minimum Gasteiger partial charge on any atom is -0.448 e. The number of ether oxygens (including phenoxy) is 1. The Labute approximate surface area is 114 Å². The van der Waals surface area contributed by atoms with Crippen molar-refractivity contribution in [3.8, 4) is 0 Å². The van der Waals surface area contributed by atoms with Crippen molar-refractivity contribution in [3.63, 3.8) is 0 Å². The van der Waals surface area contributed by atoms with Gasteiger partial charge in [0.05, 0.1) is 9.82 Å². The molecule has 0 fully saturated rings. The van der Waals surface area contributed by atoms with E-state index in [0.717, 1.165) is 12.3 Å². The summed E-state index contributed by atoms with van der Waals surface area (Å²) in [5.74, 6) is 0. The topological polar surface area (TPSA) is 142 Å². The third-order valence-corrected chi connectivity index (χ3v) is 3.37. The van der Waals surface area contributed by atoms with Gasteiger partial charge < -0.3 is 15.8 Å². The number of primary amides is 1. The average molecular weight is 303 g/mol. The third kappa shape index (κ3) is 4.39. The van der Waals surface area contributed by atoms with Crippen molar-refractivity contribution < 1.29 is 22.9 Å². The zero-order valence-corrected chi connectivity index (χ0v) is 11.3. The zero-order valence-electron chi connectivity index (χ0n) is 10.5. The number of nitrogens with zero attached hydrogens (tertiary/aromatic N) is 1. The molecule has 110 valence electrons. The van der Waals surface area contributed by atoms with Crippen LogP contribution in [0.3, 0.4) is 0 Å². The highest BCUT2D eigenvalue weighted by Crippen LogP contribution is 2.27. The van der Waals surface area contributed by atoms with Crippen LogP contribution in [0.5, 0.6) is 0 Å². The molecule has 0 aliphatic rings. The van der Waals surface area contributed by atoms with Crippen LogP contribution in [-0.2, 0) is 14.6 Å². The summed E-state index contributed by atoms with van der Waals surface area (Å²) in [7, 11) is -3.53. The summed E-state index contributed by atoms with van der Waals surface area (Å²) in [6.07, 6.45) is 0.00794. The lowest BCUT2D eigenvalue weighted by molar-refractivity contribution is -0.384. The molecule has 0 radical (unpaired) electrons. The molecule has 1 rings (SSSR count). The number of hydrogen-bond donors (Lipinski definition) is 2. The maximum absolute atomic E-state index is 11.3. The molecule has 0 aromatic heterocycles. The second-order valence-corrected chi connectivity index (χ2v) is 5.82. The minimum atomic E-state index is -3.53. The fourth-order valence-electron chi connectivity index (χ4n) is 1.38. The Morgan fingerprint density at radius 2 is 2.15 bits per heavy atom. The summed E-state index contributed by atoms with van der Waals surface area (Å²) >= 11 is 0. The van der Waals surface area contributed by atoms with Crippen LogP contribution in [0.25, 0.3) is 0 Å². The maximum Gasteiger partial charge on any atom is 0.404 e. The van der Waals surface area contributed by atoms with E-state index in [2.05, 4.69) is 10.1 Å². The molecule has 0 atom stereocenters. The highest BCUT2D eigenvalue weighted by molar-refractivity contribution is 7.90. The first-order valence-electron chi connectivity index (χ1n) is 5.36. The van der Waals surface area contributed by atoms with Crippen molar-refractivity contribution in [1.29, 1.82) is 0 Å². The molecule has 1 aromatic carbocycles. The number of sulfone groups is 1. The van der Waals surface area contributed by atoms with Gasteiger partial charge in [-0.25, -0.2) is 13.2 Å². The highest BCUT2D eigenvalue weighted by Gasteiger charge is 2.18. The SMILES string of the molecule is CS(=O)(=O)c1ccc(NCCOC(N)=O)c([N+](=O)[O-])c1. The molecule has 20 heavy (non-hydrogen) atoms. The van der Waals surface area contributed by atoms with Gasteiger partial charge in [-0.2, -0.15) is 0 Å². The Bertz CT molecular complexity index is 628. The predicted octanol–water partition coefficient (Wildman–Crippen LogP) is 0.505. The molecular formula is C10H13N3O6S. The van der Waals surface area contributed by atoms with E-state index in [1.807, 2.05) is 0 Å². The van der Waals surface area contributed by atoms with E-state index >= 15 is 0 Å². The van der Waals surface area contributed by atoms with E-state index in [4.69, 9.17) is 5.73 Å². The molecule has 0 saturated carbocycles. The molecule has 0 heterocycles. The van der Waals surface area contributed by atoms with Gasteiger partial charge in [-0.1, -0.05) is 0 Å². The largest absolute Gasteiger partial charge is 0.448 e. The standard InChI is InChI=1S/C10H13N3O6S/c1-20(17,18)7-2-3-8(9(6-7)13(15)16)12-4-5-19-10(11)14/h2-3,6,12H,4-5H2,1H3,(H2,11,14). The third-order valence-electron chi connectivity index (χ3n) is 2.26. The first-order chi connectivity index (χ1) is 9.21. The van der Waals surface area contributed by atoms with Gasteiger partial charge in [0.2, 0.25) is 0 Å². The fourth-order valence-corrected chi connectivity index (χ4v) is 2.02. The molecule has 0 aliphatic carbocycles. The molecule has 1 amide bonds. The van der Waals surface area contributed by atoms with Crippen molar-refractivity contribution in [2.24, 2.45) is 5.73 Å². The monoisotopic (exact) mass is 303 g/mol. The van der Waals surface area contributed by atoms with Gasteiger partial charge in [0.1, 0.15) is 12.3 Å². The van der Waals surface area contributed by atoms with E-state index in [-0.39, 0.29) is 29.4 Å². The highest BCUT2D eigenvalue weighted by atomic mass is 32.2. The molecule has 3 N–H and O–H groups in total. The van der Waals surface area contributed by atoms with Gasteiger partial charge in [0.25, 0.3) is 5.69 Å². The Balaban J connectivity index is 2.91. The number of nitro groups is 1. The van der Waals surface area contributed by atoms with Crippen molar-refractivity contribution in [2.75, 3.05) is 24.7 Å². The fraction of sp³-hybridized carbons (Fsp3) is 0.300. The van der Waals surface area contributed by atoms with Crippen LogP contribution in [0, 0.1) is 10.1 Å². The molecule has 0 spiro atoms.